The zero-order chi connectivity index (χ0) is 19.2. The van der Waals surface area contributed by atoms with Gasteiger partial charge in [-0.1, -0.05) is 18.2 Å². The first-order valence-electron chi connectivity index (χ1n) is 8.96. The minimum atomic E-state index is -3.48. The quantitative estimate of drug-likeness (QED) is 0.544. The Bertz CT molecular complexity index is 720. The van der Waals surface area contributed by atoms with Gasteiger partial charge in [0.25, 0.3) is 0 Å². The van der Waals surface area contributed by atoms with Gasteiger partial charge in [-0.25, -0.2) is 17.7 Å². The lowest BCUT2D eigenvalue weighted by Crippen LogP contribution is -2.42. The van der Waals surface area contributed by atoms with Crippen molar-refractivity contribution in [1.29, 1.82) is 0 Å². The Balaban J connectivity index is 2.15. The number of rotatable bonds is 7. The van der Waals surface area contributed by atoms with Crippen molar-refractivity contribution in [2.75, 3.05) is 26.9 Å². The summed E-state index contributed by atoms with van der Waals surface area (Å²) < 4.78 is 26.3. The van der Waals surface area contributed by atoms with Crippen LogP contribution in [-0.4, -0.2) is 56.9 Å². The van der Waals surface area contributed by atoms with Crippen LogP contribution >= 0.6 is 11.8 Å². The van der Waals surface area contributed by atoms with Gasteiger partial charge in [-0.3, -0.25) is 0 Å². The molecule has 0 spiro atoms. The molecule has 8 heteroatoms. The van der Waals surface area contributed by atoms with Crippen molar-refractivity contribution >= 4 is 27.7 Å². The fourth-order valence-electron chi connectivity index (χ4n) is 3.05. The van der Waals surface area contributed by atoms with E-state index in [-0.39, 0.29) is 0 Å². The molecule has 1 saturated carbocycles. The third kappa shape index (κ3) is 5.37. The Morgan fingerprint density at radius 2 is 2.04 bits per heavy atom. The van der Waals surface area contributed by atoms with E-state index in [1.54, 1.807) is 26.2 Å². The number of guanidine groups is 1. The van der Waals surface area contributed by atoms with Crippen LogP contribution < -0.4 is 10.6 Å². The number of hydrogen-bond acceptors (Lipinski definition) is 4. The predicted molar refractivity (Wildman–Crippen MR) is 110 cm³/mol. The number of hydrogen-bond donors (Lipinski definition) is 2. The fraction of sp³-hybridized carbons (Fsp3) is 0.611. The summed E-state index contributed by atoms with van der Waals surface area (Å²) in [6.07, 6.45) is 5.66. The zero-order valence-electron chi connectivity index (χ0n) is 16.0. The molecule has 0 bridgehead atoms. The summed E-state index contributed by atoms with van der Waals surface area (Å²) in [5.74, 6) is 0.747. The highest BCUT2D eigenvalue weighted by Gasteiger charge is 2.25. The van der Waals surface area contributed by atoms with Crippen molar-refractivity contribution in [3.8, 4) is 0 Å². The Morgan fingerprint density at radius 3 is 2.65 bits per heavy atom. The Morgan fingerprint density at radius 1 is 1.31 bits per heavy atom. The molecule has 1 aliphatic rings. The molecule has 2 atom stereocenters. The largest absolute Gasteiger partial charge is 0.357 e. The van der Waals surface area contributed by atoms with Crippen molar-refractivity contribution in [3.05, 3.63) is 29.8 Å². The molecule has 2 N–H and O–H groups in total. The van der Waals surface area contributed by atoms with Gasteiger partial charge < -0.3 is 10.6 Å². The molecule has 26 heavy (non-hydrogen) atoms. The molecule has 146 valence electrons. The summed E-state index contributed by atoms with van der Waals surface area (Å²) in [6, 6.07) is 7.48. The van der Waals surface area contributed by atoms with Crippen molar-refractivity contribution in [2.24, 2.45) is 4.99 Å². The van der Waals surface area contributed by atoms with Crippen LogP contribution in [-0.2, 0) is 16.6 Å². The Kier molecular flexibility index (Phi) is 7.79. The topological polar surface area (TPSA) is 73.8 Å². The highest BCUT2D eigenvalue weighted by Crippen LogP contribution is 2.28. The third-order valence-electron chi connectivity index (χ3n) is 4.54. The van der Waals surface area contributed by atoms with Gasteiger partial charge >= 0.3 is 0 Å². The second-order valence-electron chi connectivity index (χ2n) is 6.60. The maximum Gasteiger partial charge on any atom is 0.242 e. The normalized spacial score (nSPS) is 21.2. The van der Waals surface area contributed by atoms with Crippen LogP contribution in [0.2, 0.25) is 0 Å². The predicted octanol–water partition coefficient (Wildman–Crippen LogP) is 2.28. The molecule has 0 radical (unpaired) electrons. The van der Waals surface area contributed by atoms with Gasteiger partial charge in [0.2, 0.25) is 10.0 Å². The Hall–Kier alpha value is -1.25. The molecular formula is C18H30N4O2S2. The molecule has 1 aromatic rings. The third-order valence-corrected chi connectivity index (χ3v) is 7.55. The zero-order valence-corrected chi connectivity index (χ0v) is 17.7. The molecule has 2 unspecified atom stereocenters. The van der Waals surface area contributed by atoms with Crippen LogP contribution in [0.25, 0.3) is 0 Å². The summed E-state index contributed by atoms with van der Waals surface area (Å²) in [5, 5.41) is 7.47. The van der Waals surface area contributed by atoms with Crippen LogP contribution in [0.15, 0.2) is 34.2 Å². The van der Waals surface area contributed by atoms with E-state index in [0.717, 1.165) is 25.3 Å². The first-order valence-corrected chi connectivity index (χ1v) is 11.7. The lowest BCUT2D eigenvalue weighted by molar-refractivity contribution is 0.519. The molecule has 6 nitrogen and oxygen atoms in total. The minimum Gasteiger partial charge on any atom is -0.357 e. The van der Waals surface area contributed by atoms with Gasteiger partial charge in [-0.2, -0.15) is 11.8 Å². The molecule has 1 fully saturated rings. The summed E-state index contributed by atoms with van der Waals surface area (Å²) in [6.45, 7) is 3.11. The van der Waals surface area contributed by atoms with Gasteiger partial charge in [0, 0.05) is 31.9 Å². The monoisotopic (exact) mass is 398 g/mol. The standard InChI is InChI=1S/C18H30N4O2S2/c1-5-19-18(21-15-10-11-16(12-15)25-4)20-13-14-8-6-7-9-17(14)26(23,24)22(2)3/h6-9,15-16H,5,10-13H2,1-4H3,(H2,19,20,21). The lowest BCUT2D eigenvalue weighted by atomic mass is 10.2. The SMILES string of the molecule is CCNC(=NCc1ccccc1S(=O)(=O)N(C)C)NC1CCC(SC)C1. The maximum absolute atomic E-state index is 12.5. The molecule has 0 aromatic heterocycles. The molecule has 0 saturated heterocycles. The van der Waals surface area contributed by atoms with Crippen LogP contribution in [0.5, 0.6) is 0 Å². The van der Waals surface area contributed by atoms with Gasteiger partial charge in [0.05, 0.1) is 11.4 Å². The first-order chi connectivity index (χ1) is 12.4. The van der Waals surface area contributed by atoms with E-state index in [1.807, 2.05) is 30.8 Å². The summed E-state index contributed by atoms with van der Waals surface area (Å²) in [7, 11) is -0.390. The molecule has 0 heterocycles. The second-order valence-corrected chi connectivity index (χ2v) is 9.86. The van der Waals surface area contributed by atoms with E-state index in [2.05, 4.69) is 21.9 Å². The molecule has 1 aliphatic carbocycles. The lowest BCUT2D eigenvalue weighted by Gasteiger charge is -2.18. The molecule has 2 rings (SSSR count). The molecular weight excluding hydrogens is 368 g/mol. The van der Waals surface area contributed by atoms with E-state index in [0.29, 0.717) is 28.3 Å². The van der Waals surface area contributed by atoms with Crippen molar-refractivity contribution in [1.82, 2.24) is 14.9 Å². The first kappa shape index (κ1) is 21.1. The van der Waals surface area contributed by atoms with E-state index in [1.165, 1.54) is 10.7 Å². The molecule has 0 aliphatic heterocycles. The van der Waals surface area contributed by atoms with E-state index in [4.69, 9.17) is 0 Å². The van der Waals surface area contributed by atoms with Crippen molar-refractivity contribution in [2.45, 2.75) is 48.9 Å². The number of nitrogens with one attached hydrogen (secondary N) is 2. The van der Waals surface area contributed by atoms with Gasteiger partial charge in [-0.15, -0.1) is 0 Å². The highest BCUT2D eigenvalue weighted by molar-refractivity contribution is 7.99. The maximum atomic E-state index is 12.5. The average molecular weight is 399 g/mol. The number of thioether (sulfide) groups is 1. The number of aliphatic imine (C=N–C) groups is 1. The van der Waals surface area contributed by atoms with E-state index < -0.39 is 10.0 Å². The van der Waals surface area contributed by atoms with Crippen LogP contribution in [0.3, 0.4) is 0 Å². The second kappa shape index (κ2) is 9.62. The summed E-state index contributed by atoms with van der Waals surface area (Å²) in [4.78, 5) is 4.95. The van der Waals surface area contributed by atoms with Crippen LogP contribution in [0.1, 0.15) is 31.7 Å². The Labute approximate surface area is 161 Å². The van der Waals surface area contributed by atoms with Gasteiger partial charge in [0.1, 0.15) is 0 Å². The minimum absolute atomic E-state index is 0.313. The van der Waals surface area contributed by atoms with Gasteiger partial charge in [0.15, 0.2) is 5.96 Å². The molecule has 0 amide bonds. The summed E-state index contributed by atoms with van der Waals surface area (Å²) >= 11 is 1.92. The smallest absolute Gasteiger partial charge is 0.242 e. The van der Waals surface area contributed by atoms with E-state index >= 15 is 0 Å². The average Bonchev–Trinajstić information content (AvgIpc) is 3.07. The van der Waals surface area contributed by atoms with Gasteiger partial charge in [-0.05, 0) is 44.1 Å². The fourth-order valence-corrected chi connectivity index (χ4v) is 4.95. The number of benzene rings is 1. The molecule has 1 aromatic carbocycles. The van der Waals surface area contributed by atoms with Crippen LogP contribution in [0, 0.1) is 0 Å². The number of sulfonamides is 1. The highest BCUT2D eigenvalue weighted by atomic mass is 32.2. The van der Waals surface area contributed by atoms with Crippen molar-refractivity contribution < 1.29 is 8.42 Å². The number of nitrogens with zero attached hydrogens (tertiary/aromatic N) is 2. The van der Waals surface area contributed by atoms with Crippen LogP contribution in [0.4, 0.5) is 0 Å². The summed E-state index contributed by atoms with van der Waals surface area (Å²) in [5.41, 5.74) is 0.701. The van der Waals surface area contributed by atoms with E-state index in [9.17, 15) is 8.42 Å². The van der Waals surface area contributed by atoms with Crippen molar-refractivity contribution in [3.63, 3.8) is 0 Å².